The van der Waals surface area contributed by atoms with Gasteiger partial charge >= 0.3 is 6.18 Å². The van der Waals surface area contributed by atoms with Gasteiger partial charge in [0.05, 0.1) is 5.92 Å². The molecule has 3 amide bonds. The van der Waals surface area contributed by atoms with Gasteiger partial charge in [0.1, 0.15) is 11.8 Å². The summed E-state index contributed by atoms with van der Waals surface area (Å²) >= 11 is 0. The highest BCUT2D eigenvalue weighted by Crippen LogP contribution is 2.32. The molecule has 2 N–H and O–H groups in total. The van der Waals surface area contributed by atoms with Crippen molar-refractivity contribution in [2.24, 2.45) is 5.92 Å². The topological polar surface area (TPSA) is 87.7 Å². The van der Waals surface area contributed by atoms with E-state index in [1.165, 1.54) is 12.2 Å². The highest BCUT2D eigenvalue weighted by molar-refractivity contribution is 5.88. The van der Waals surface area contributed by atoms with Crippen LogP contribution in [0.15, 0.2) is 48.3 Å². The average molecular weight is 510 g/mol. The van der Waals surface area contributed by atoms with Crippen LogP contribution in [-0.2, 0) is 19.1 Å². The van der Waals surface area contributed by atoms with Gasteiger partial charge in [0, 0.05) is 24.7 Å². The first-order chi connectivity index (χ1) is 17.1. The van der Waals surface area contributed by atoms with Crippen molar-refractivity contribution in [2.45, 2.75) is 58.2 Å². The number of para-hydroxylation sites is 1. The summed E-state index contributed by atoms with van der Waals surface area (Å²) in [7, 11) is 0. The Bertz CT molecular complexity index is 962. The molecule has 0 aromatic heterocycles. The molecule has 3 atom stereocenters. The minimum Gasteiger partial charge on any atom is -0.484 e. The van der Waals surface area contributed by atoms with Crippen molar-refractivity contribution in [1.82, 2.24) is 10.2 Å². The lowest BCUT2D eigenvalue weighted by molar-refractivity contribution is -0.156. The smallest absolute Gasteiger partial charge is 0.394 e. The number of alkyl halides is 3. The average Bonchev–Trinajstić information content (AvgIpc) is 3.33. The summed E-state index contributed by atoms with van der Waals surface area (Å²) in [6.07, 6.45) is 1.70. The highest BCUT2D eigenvalue weighted by Gasteiger charge is 2.34. The van der Waals surface area contributed by atoms with Crippen molar-refractivity contribution in [3.8, 4) is 0 Å². The lowest BCUT2D eigenvalue weighted by Crippen LogP contribution is -2.48. The number of anilines is 1. The Kier molecular flexibility index (Phi) is 11.0. The molecule has 0 spiro atoms. The maximum atomic E-state index is 13.2. The van der Waals surface area contributed by atoms with Crippen LogP contribution in [0, 0.1) is 5.92 Å². The van der Waals surface area contributed by atoms with Gasteiger partial charge in [-0.15, -0.1) is 0 Å². The SMILES string of the molecule is C/C=C(\C=C/C(C)C(F)(F)F)OCC(=O)NC(CCC)C(=O)N1CCC(c2ccccc2NC=O)C1. The third-order valence-corrected chi connectivity index (χ3v) is 6.05. The summed E-state index contributed by atoms with van der Waals surface area (Å²) in [4.78, 5) is 38.3. The molecular weight excluding hydrogens is 475 g/mol. The van der Waals surface area contributed by atoms with Gasteiger partial charge in [0.2, 0.25) is 12.3 Å². The monoisotopic (exact) mass is 509 g/mol. The Balaban J connectivity index is 1.96. The van der Waals surface area contributed by atoms with E-state index in [9.17, 15) is 27.6 Å². The van der Waals surface area contributed by atoms with E-state index >= 15 is 0 Å². The van der Waals surface area contributed by atoms with Gasteiger partial charge in [-0.1, -0.05) is 44.5 Å². The molecule has 0 bridgehead atoms. The molecule has 1 heterocycles. The number of nitrogens with one attached hydrogen (secondary N) is 2. The Morgan fingerprint density at radius 2 is 2.00 bits per heavy atom. The standard InChI is InChI=1S/C26H34F3N3O4/c1-4-8-23(31-24(34)16-36-20(5-2)12-11-18(3)26(27,28)29)25(35)32-14-13-19(15-32)21-9-6-7-10-22(21)30-17-33/h5-7,9-12,17-19,23H,4,8,13-16H2,1-3H3,(H,30,33)(H,31,34)/b12-11-,20-5+. The molecule has 1 saturated heterocycles. The zero-order valence-corrected chi connectivity index (χ0v) is 20.8. The molecule has 1 fully saturated rings. The van der Waals surface area contributed by atoms with Crippen LogP contribution >= 0.6 is 0 Å². The lowest BCUT2D eigenvalue weighted by Gasteiger charge is -2.24. The second-order valence-corrected chi connectivity index (χ2v) is 8.70. The maximum Gasteiger partial charge on any atom is 0.394 e. The predicted molar refractivity (Wildman–Crippen MR) is 131 cm³/mol. The number of rotatable bonds is 12. The molecule has 36 heavy (non-hydrogen) atoms. The fourth-order valence-corrected chi connectivity index (χ4v) is 3.99. The van der Waals surface area contributed by atoms with E-state index < -0.39 is 30.7 Å². The van der Waals surface area contributed by atoms with E-state index in [1.54, 1.807) is 11.8 Å². The Labute approximate surface area is 209 Å². The largest absolute Gasteiger partial charge is 0.484 e. The first-order valence-electron chi connectivity index (χ1n) is 12.0. The quantitative estimate of drug-likeness (QED) is 0.246. The fraction of sp³-hybridized carbons (Fsp3) is 0.500. The number of amides is 3. The highest BCUT2D eigenvalue weighted by atomic mass is 19.4. The van der Waals surface area contributed by atoms with Crippen LogP contribution in [0.2, 0.25) is 0 Å². The van der Waals surface area contributed by atoms with Crippen molar-refractivity contribution in [1.29, 1.82) is 0 Å². The molecule has 10 heteroatoms. The van der Waals surface area contributed by atoms with Crippen molar-refractivity contribution in [2.75, 3.05) is 25.0 Å². The summed E-state index contributed by atoms with van der Waals surface area (Å²) in [5.74, 6) is -2.19. The minimum absolute atomic E-state index is 0.0574. The van der Waals surface area contributed by atoms with Crippen molar-refractivity contribution >= 4 is 23.9 Å². The molecule has 198 valence electrons. The van der Waals surface area contributed by atoms with E-state index in [-0.39, 0.29) is 17.6 Å². The molecule has 0 radical (unpaired) electrons. The Morgan fingerprint density at radius 3 is 2.64 bits per heavy atom. The number of allylic oxidation sites excluding steroid dienone is 3. The van der Waals surface area contributed by atoms with Crippen molar-refractivity contribution < 1.29 is 32.3 Å². The molecular formula is C26H34F3N3O4. The molecule has 0 saturated carbocycles. The molecule has 7 nitrogen and oxygen atoms in total. The molecule has 1 aliphatic rings. The maximum absolute atomic E-state index is 13.2. The molecule has 1 aromatic carbocycles. The first kappa shape index (κ1) is 28.9. The van der Waals surface area contributed by atoms with Crippen molar-refractivity contribution in [3.05, 3.63) is 53.8 Å². The summed E-state index contributed by atoms with van der Waals surface area (Å²) in [5.41, 5.74) is 1.66. The number of carbonyl (C=O) groups excluding carboxylic acids is 3. The molecule has 2 rings (SSSR count). The van der Waals surface area contributed by atoms with Crippen LogP contribution in [-0.4, -0.2) is 55.0 Å². The van der Waals surface area contributed by atoms with Crippen LogP contribution in [0.3, 0.4) is 0 Å². The normalized spacial score (nSPS) is 18.1. The molecule has 3 unspecified atom stereocenters. The lowest BCUT2D eigenvalue weighted by atomic mass is 9.96. The first-order valence-corrected chi connectivity index (χ1v) is 12.0. The zero-order valence-electron chi connectivity index (χ0n) is 20.8. The molecule has 1 aliphatic heterocycles. The second kappa shape index (κ2) is 13.7. The zero-order chi connectivity index (χ0) is 26.7. The van der Waals surface area contributed by atoms with Gasteiger partial charge < -0.3 is 20.3 Å². The second-order valence-electron chi connectivity index (χ2n) is 8.70. The summed E-state index contributed by atoms with van der Waals surface area (Å²) < 4.78 is 43.4. The number of ether oxygens (including phenoxy) is 1. The van der Waals surface area contributed by atoms with E-state index in [0.717, 1.165) is 25.0 Å². The molecule has 0 aliphatic carbocycles. The number of likely N-dealkylation sites (tertiary alicyclic amines) is 1. The third kappa shape index (κ3) is 8.42. The number of benzene rings is 1. The number of hydrogen-bond donors (Lipinski definition) is 2. The minimum atomic E-state index is -4.36. The predicted octanol–water partition coefficient (Wildman–Crippen LogP) is 4.53. The van der Waals surface area contributed by atoms with Crippen LogP contribution in [0.5, 0.6) is 0 Å². The van der Waals surface area contributed by atoms with Gasteiger partial charge in [0.15, 0.2) is 6.61 Å². The van der Waals surface area contributed by atoms with E-state index in [4.69, 9.17) is 4.74 Å². The van der Waals surface area contributed by atoms with Crippen molar-refractivity contribution in [3.63, 3.8) is 0 Å². The summed E-state index contributed by atoms with van der Waals surface area (Å²) in [6.45, 7) is 5.08. The van der Waals surface area contributed by atoms with Gasteiger partial charge in [-0.05, 0) is 43.5 Å². The fourth-order valence-electron chi connectivity index (χ4n) is 3.99. The van der Waals surface area contributed by atoms with E-state index in [2.05, 4.69) is 10.6 Å². The van der Waals surface area contributed by atoms with Crippen LogP contribution in [0.25, 0.3) is 0 Å². The van der Waals surface area contributed by atoms with Gasteiger partial charge in [-0.3, -0.25) is 14.4 Å². The van der Waals surface area contributed by atoms with E-state index in [1.807, 2.05) is 31.2 Å². The summed E-state index contributed by atoms with van der Waals surface area (Å²) in [5, 5.41) is 5.40. The van der Waals surface area contributed by atoms with Gasteiger partial charge in [-0.25, -0.2) is 0 Å². The number of halogens is 3. The number of nitrogens with zero attached hydrogens (tertiary/aromatic N) is 1. The van der Waals surface area contributed by atoms with Crippen LogP contribution in [0.1, 0.15) is 51.5 Å². The third-order valence-electron chi connectivity index (χ3n) is 6.05. The Morgan fingerprint density at radius 1 is 1.28 bits per heavy atom. The van der Waals surface area contributed by atoms with Crippen LogP contribution < -0.4 is 10.6 Å². The summed E-state index contributed by atoms with van der Waals surface area (Å²) in [6, 6.07) is 6.72. The molecule has 1 aromatic rings. The number of carbonyl (C=O) groups is 3. The Hall–Kier alpha value is -3.30. The van der Waals surface area contributed by atoms with Gasteiger partial charge in [-0.2, -0.15) is 13.2 Å². The van der Waals surface area contributed by atoms with Gasteiger partial charge in [0.25, 0.3) is 5.91 Å². The van der Waals surface area contributed by atoms with E-state index in [0.29, 0.717) is 38.0 Å². The van der Waals surface area contributed by atoms with Crippen LogP contribution in [0.4, 0.5) is 18.9 Å². The number of hydrogen-bond acceptors (Lipinski definition) is 4.